The molecule has 12 heteroatoms. The van der Waals surface area contributed by atoms with Crippen LogP contribution in [-0.4, -0.2) is 93.7 Å². The lowest BCUT2D eigenvalue weighted by atomic mass is 9.49. The topological polar surface area (TPSA) is 202 Å². The number of Topliss-reactive ketones (excluding diaryl/α,β-unsaturated/α-hetero) is 4. The molecule has 3 aliphatic rings. The molecule has 8 atom stereocenters. The summed E-state index contributed by atoms with van der Waals surface area (Å²) in [6.07, 6.45) is 0.578. The summed E-state index contributed by atoms with van der Waals surface area (Å²) in [4.78, 5) is 79.3. The van der Waals surface area contributed by atoms with E-state index in [1.807, 2.05) is 0 Å². The molecule has 12 nitrogen and oxygen atoms in total. The fourth-order valence-corrected chi connectivity index (χ4v) is 6.49. The number of esters is 1. The smallest absolute Gasteiger partial charge is 0.330 e. The molecule has 0 spiro atoms. The third kappa shape index (κ3) is 3.93. The summed E-state index contributed by atoms with van der Waals surface area (Å²) in [5.74, 6) is -14.7. The molecule has 0 saturated heterocycles. The molecule has 1 aromatic rings. The van der Waals surface area contributed by atoms with Crippen LogP contribution in [0.3, 0.4) is 0 Å². The van der Waals surface area contributed by atoms with Crippen molar-refractivity contribution in [2.75, 3.05) is 20.7 Å². The number of hydrogen-bond donors (Lipinski definition) is 4. The average Bonchev–Trinajstić information content (AvgIpc) is 2.85. The highest BCUT2D eigenvalue weighted by molar-refractivity contribution is 6.32. The van der Waals surface area contributed by atoms with E-state index in [0.717, 1.165) is 6.08 Å². The van der Waals surface area contributed by atoms with Gasteiger partial charge >= 0.3 is 5.97 Å². The van der Waals surface area contributed by atoms with E-state index in [1.54, 1.807) is 13.8 Å². The molecular weight excluding hydrogens is 512 g/mol. The van der Waals surface area contributed by atoms with E-state index in [2.05, 4.69) is 0 Å². The molecule has 1 aromatic carbocycles. The minimum atomic E-state index is -3.06. The summed E-state index contributed by atoms with van der Waals surface area (Å²) in [5.41, 5.74) is 2.35. The maximum Gasteiger partial charge on any atom is 0.330 e. The van der Waals surface area contributed by atoms with Crippen molar-refractivity contribution in [3.05, 3.63) is 34.9 Å². The van der Waals surface area contributed by atoms with Crippen molar-refractivity contribution in [3.8, 4) is 5.75 Å². The van der Waals surface area contributed by atoms with Gasteiger partial charge in [0.15, 0.2) is 34.7 Å². The van der Waals surface area contributed by atoms with Gasteiger partial charge in [0.05, 0.1) is 36.2 Å². The fraction of sp³-hybridized carbons (Fsp3) is 0.481. The Morgan fingerprint density at radius 1 is 1.15 bits per heavy atom. The van der Waals surface area contributed by atoms with Gasteiger partial charge in [0, 0.05) is 17.6 Å². The molecule has 0 aliphatic heterocycles. The van der Waals surface area contributed by atoms with Gasteiger partial charge in [-0.25, -0.2) is 4.79 Å². The minimum Gasteiger partial charge on any atom is -0.507 e. The van der Waals surface area contributed by atoms with Gasteiger partial charge in [-0.05, 0) is 38.6 Å². The third-order valence-corrected chi connectivity index (χ3v) is 8.21. The minimum absolute atomic E-state index is 0.0713. The number of hydrogen-bond acceptors (Lipinski definition) is 11. The molecule has 0 heterocycles. The van der Waals surface area contributed by atoms with Crippen molar-refractivity contribution in [2.45, 2.75) is 37.5 Å². The van der Waals surface area contributed by atoms with Crippen molar-refractivity contribution in [3.63, 3.8) is 0 Å². The van der Waals surface area contributed by atoms with Gasteiger partial charge in [0.1, 0.15) is 5.75 Å². The van der Waals surface area contributed by atoms with Gasteiger partial charge in [0.25, 0.3) is 0 Å². The number of likely N-dealkylation sites (N-methyl/N-ethyl adjacent to an activating group) is 1. The fourth-order valence-electron chi connectivity index (χ4n) is 6.49. The first kappa shape index (κ1) is 28.3. The highest BCUT2D eigenvalue weighted by atomic mass is 16.5. The van der Waals surface area contributed by atoms with Gasteiger partial charge in [0.2, 0.25) is 5.91 Å². The zero-order valence-corrected chi connectivity index (χ0v) is 21.8. The van der Waals surface area contributed by atoms with Crippen molar-refractivity contribution in [1.82, 2.24) is 4.90 Å². The van der Waals surface area contributed by atoms with Gasteiger partial charge in [-0.3, -0.25) is 28.9 Å². The lowest BCUT2D eigenvalue weighted by Crippen LogP contribution is -2.77. The molecule has 2 unspecified atom stereocenters. The number of fused-ring (bicyclic) bond motifs is 3. The number of aromatic hydroxyl groups is 1. The Kier molecular flexibility index (Phi) is 7.09. The van der Waals surface area contributed by atoms with Crippen LogP contribution in [0.5, 0.6) is 5.75 Å². The second-order valence-electron chi connectivity index (χ2n) is 10.4. The number of ketones is 4. The molecule has 1 amide bonds. The number of amides is 1. The second kappa shape index (κ2) is 9.78. The highest BCUT2D eigenvalue weighted by Crippen LogP contribution is 2.54. The Morgan fingerprint density at radius 3 is 2.36 bits per heavy atom. The molecule has 3 aliphatic carbocycles. The van der Waals surface area contributed by atoms with Crippen molar-refractivity contribution in [2.24, 2.45) is 29.4 Å². The average molecular weight is 543 g/mol. The summed E-state index contributed by atoms with van der Waals surface area (Å²) in [6, 6.07) is 1.53. The first-order chi connectivity index (χ1) is 18.2. The standard InChI is InChI=1S/C27H30N2O10/c1-5-39-13(30)9-7-11-6-8-12-10(2)14-16(21(32)15(12)20(11)31)24(35)27(38)18(22(14)33)19(29(3)4)23(34)17(25(27)36)26(28)37/h6-10,14,16-19,22,31,33,38H,5H2,1-4H3,(H2,28,37)/b9-7+/t10-,14+,16?,17?,18+,19-,22-,27-/m0/s1. The van der Waals surface area contributed by atoms with Gasteiger partial charge in [-0.15, -0.1) is 0 Å². The van der Waals surface area contributed by atoms with E-state index in [-0.39, 0.29) is 17.7 Å². The number of carbonyl (C=O) groups excluding carboxylic acids is 6. The second-order valence-corrected chi connectivity index (χ2v) is 10.4. The molecule has 0 bridgehead atoms. The van der Waals surface area contributed by atoms with Crippen LogP contribution in [0.4, 0.5) is 0 Å². The lowest BCUT2D eigenvalue weighted by molar-refractivity contribution is -0.196. The molecule has 5 N–H and O–H groups in total. The number of nitrogens with zero attached hydrogens (tertiary/aromatic N) is 1. The Bertz CT molecular complexity index is 1330. The van der Waals surface area contributed by atoms with E-state index in [4.69, 9.17) is 10.5 Å². The largest absolute Gasteiger partial charge is 0.507 e. The Morgan fingerprint density at radius 2 is 1.79 bits per heavy atom. The van der Waals surface area contributed by atoms with E-state index < -0.39 is 88.1 Å². The van der Waals surface area contributed by atoms with E-state index in [0.29, 0.717) is 5.56 Å². The summed E-state index contributed by atoms with van der Waals surface area (Å²) in [6.45, 7) is 3.36. The van der Waals surface area contributed by atoms with Crippen LogP contribution in [-0.2, 0) is 28.7 Å². The van der Waals surface area contributed by atoms with Crippen LogP contribution < -0.4 is 5.73 Å². The molecule has 39 heavy (non-hydrogen) atoms. The zero-order valence-electron chi connectivity index (χ0n) is 21.8. The third-order valence-electron chi connectivity index (χ3n) is 8.21. The summed E-state index contributed by atoms with van der Waals surface area (Å²) >= 11 is 0. The van der Waals surface area contributed by atoms with Crippen molar-refractivity contribution in [1.29, 1.82) is 0 Å². The van der Waals surface area contributed by atoms with E-state index >= 15 is 0 Å². The number of nitrogens with two attached hydrogens (primary N) is 1. The van der Waals surface area contributed by atoms with E-state index in [9.17, 15) is 44.1 Å². The first-order valence-corrected chi connectivity index (χ1v) is 12.4. The van der Waals surface area contributed by atoms with Gasteiger partial charge in [-0.1, -0.05) is 19.1 Å². The first-order valence-electron chi connectivity index (χ1n) is 12.4. The Hall–Kier alpha value is -3.74. The number of primary amides is 1. The molecule has 0 radical (unpaired) electrons. The Labute approximate surface area is 223 Å². The maximum absolute atomic E-state index is 13.9. The molecular formula is C27H30N2O10. The molecule has 2 saturated carbocycles. The van der Waals surface area contributed by atoms with Crippen molar-refractivity contribution >= 4 is 41.1 Å². The predicted octanol–water partition coefficient (Wildman–Crippen LogP) is -1.02. The highest BCUT2D eigenvalue weighted by Gasteiger charge is 2.72. The lowest BCUT2D eigenvalue weighted by Gasteiger charge is -2.56. The predicted molar refractivity (Wildman–Crippen MR) is 133 cm³/mol. The number of phenolic OH excluding ortho intramolecular Hbond substituents is 1. The summed E-state index contributed by atoms with van der Waals surface area (Å²) in [7, 11) is 2.85. The van der Waals surface area contributed by atoms with Crippen LogP contribution in [0.1, 0.15) is 41.3 Å². The van der Waals surface area contributed by atoms with Crippen LogP contribution in [0.15, 0.2) is 18.2 Å². The Balaban J connectivity index is 1.88. The van der Waals surface area contributed by atoms with Gasteiger partial charge < -0.3 is 25.8 Å². The molecule has 208 valence electrons. The quantitative estimate of drug-likeness (QED) is 0.201. The number of benzene rings is 1. The number of carbonyl (C=O) groups is 6. The maximum atomic E-state index is 13.9. The zero-order chi connectivity index (χ0) is 29.1. The molecule has 0 aromatic heterocycles. The summed E-state index contributed by atoms with van der Waals surface area (Å²) < 4.78 is 4.81. The number of aliphatic hydroxyl groups is 2. The molecule has 2 fully saturated rings. The van der Waals surface area contributed by atoms with Crippen LogP contribution in [0, 0.1) is 23.7 Å². The van der Waals surface area contributed by atoms with Crippen LogP contribution in [0.25, 0.3) is 6.08 Å². The van der Waals surface area contributed by atoms with Crippen LogP contribution in [0.2, 0.25) is 0 Å². The monoisotopic (exact) mass is 542 g/mol. The van der Waals surface area contributed by atoms with E-state index in [1.165, 1.54) is 37.2 Å². The normalized spacial score (nSPS) is 34.1. The SMILES string of the molecule is CCOC(=O)/C=C/c1ccc2c(c1O)C(=O)C1C(=O)[C@]3(O)C(=O)C(C(N)=O)C(=O)[C@@H](N(C)C)[C@@H]3[C@@H](O)[C@@H]1[C@H]2C. The number of rotatable bonds is 5. The van der Waals surface area contributed by atoms with Gasteiger partial charge in [-0.2, -0.15) is 0 Å². The number of phenols is 1. The summed E-state index contributed by atoms with van der Waals surface area (Å²) in [5, 5.41) is 34.2. The van der Waals surface area contributed by atoms with Crippen molar-refractivity contribution < 1.29 is 48.8 Å². The molecule has 4 rings (SSSR count). The number of aliphatic hydroxyl groups excluding tert-OH is 1. The van der Waals surface area contributed by atoms with Crippen LogP contribution >= 0.6 is 0 Å². The number of ether oxygens (including phenoxy) is 1.